The molecular weight excluding hydrogens is 244 g/mol. The first kappa shape index (κ1) is 14.1. The molecule has 0 saturated carbocycles. The van der Waals surface area contributed by atoms with Gasteiger partial charge in [0.15, 0.2) is 0 Å². The van der Waals surface area contributed by atoms with Crippen LogP contribution < -0.4 is 5.32 Å². The third-order valence-corrected chi connectivity index (χ3v) is 5.01. The van der Waals surface area contributed by atoms with Gasteiger partial charge < -0.3 is 5.32 Å². The molecule has 1 aliphatic carbocycles. The van der Waals surface area contributed by atoms with Crippen LogP contribution >= 0.6 is 0 Å². The highest BCUT2D eigenvalue weighted by Gasteiger charge is 2.29. The van der Waals surface area contributed by atoms with Gasteiger partial charge in [0.05, 0.1) is 0 Å². The standard InChI is InChI=1S/C18H28N2/c1-14(2)20(13-17-9-5-6-10-19-17)18-11-15-7-3-4-8-16(15)12-18/h3-4,7-8,14,17-19H,5-6,9-13H2,1-2H3. The molecule has 1 N–H and O–H groups in total. The molecule has 110 valence electrons. The van der Waals surface area contributed by atoms with Crippen molar-refractivity contribution in [1.29, 1.82) is 0 Å². The van der Waals surface area contributed by atoms with Gasteiger partial charge in [-0.15, -0.1) is 0 Å². The van der Waals surface area contributed by atoms with Gasteiger partial charge in [-0.25, -0.2) is 0 Å². The topological polar surface area (TPSA) is 15.3 Å². The van der Waals surface area contributed by atoms with Crippen molar-refractivity contribution < 1.29 is 0 Å². The number of piperidine rings is 1. The van der Waals surface area contributed by atoms with Crippen molar-refractivity contribution in [3.8, 4) is 0 Å². The number of nitrogens with one attached hydrogen (secondary N) is 1. The Balaban J connectivity index is 1.66. The Morgan fingerprint density at radius 2 is 1.85 bits per heavy atom. The van der Waals surface area contributed by atoms with E-state index in [1.165, 1.54) is 45.2 Å². The van der Waals surface area contributed by atoms with Crippen molar-refractivity contribution in [1.82, 2.24) is 10.2 Å². The van der Waals surface area contributed by atoms with Gasteiger partial charge in [0.2, 0.25) is 0 Å². The summed E-state index contributed by atoms with van der Waals surface area (Å²) in [6.07, 6.45) is 6.58. The normalized spacial score (nSPS) is 23.5. The van der Waals surface area contributed by atoms with E-state index in [1.54, 1.807) is 11.1 Å². The van der Waals surface area contributed by atoms with Crippen LogP contribution in [0.3, 0.4) is 0 Å². The largest absolute Gasteiger partial charge is 0.313 e. The first-order valence-electron chi connectivity index (χ1n) is 8.30. The predicted octanol–water partition coefficient (Wildman–Crippen LogP) is 3.01. The minimum atomic E-state index is 0.637. The quantitative estimate of drug-likeness (QED) is 0.906. The van der Waals surface area contributed by atoms with Crippen LogP contribution in [0.5, 0.6) is 0 Å². The van der Waals surface area contributed by atoms with Crippen LogP contribution in [0.2, 0.25) is 0 Å². The lowest BCUT2D eigenvalue weighted by Crippen LogP contribution is -2.50. The van der Waals surface area contributed by atoms with Crippen molar-refractivity contribution in [2.24, 2.45) is 0 Å². The van der Waals surface area contributed by atoms with Crippen LogP contribution in [-0.4, -0.2) is 36.1 Å². The molecule has 1 aromatic carbocycles. The van der Waals surface area contributed by atoms with E-state index in [1.807, 2.05) is 0 Å². The van der Waals surface area contributed by atoms with E-state index in [9.17, 15) is 0 Å². The highest BCUT2D eigenvalue weighted by molar-refractivity contribution is 5.33. The number of nitrogens with zero attached hydrogens (tertiary/aromatic N) is 1. The van der Waals surface area contributed by atoms with Crippen LogP contribution in [0.4, 0.5) is 0 Å². The minimum Gasteiger partial charge on any atom is -0.313 e. The number of hydrogen-bond donors (Lipinski definition) is 1. The van der Waals surface area contributed by atoms with Crippen LogP contribution in [0.25, 0.3) is 0 Å². The highest BCUT2D eigenvalue weighted by Crippen LogP contribution is 2.27. The summed E-state index contributed by atoms with van der Waals surface area (Å²) in [6, 6.07) is 11.0. The average molecular weight is 272 g/mol. The maximum Gasteiger partial charge on any atom is 0.0195 e. The van der Waals surface area contributed by atoms with E-state index in [4.69, 9.17) is 0 Å². The zero-order valence-electron chi connectivity index (χ0n) is 12.9. The number of hydrogen-bond acceptors (Lipinski definition) is 2. The summed E-state index contributed by atoms with van der Waals surface area (Å²) in [5.41, 5.74) is 3.14. The van der Waals surface area contributed by atoms with Gasteiger partial charge in [0, 0.05) is 24.7 Å². The van der Waals surface area contributed by atoms with E-state index in [0.29, 0.717) is 18.1 Å². The fourth-order valence-corrected chi connectivity index (χ4v) is 3.89. The van der Waals surface area contributed by atoms with Gasteiger partial charge in [-0.05, 0) is 57.2 Å². The van der Waals surface area contributed by atoms with E-state index < -0.39 is 0 Å². The summed E-state index contributed by atoms with van der Waals surface area (Å²) in [4.78, 5) is 2.74. The average Bonchev–Trinajstić information content (AvgIpc) is 2.89. The molecule has 0 amide bonds. The Bertz CT molecular complexity index is 410. The fraction of sp³-hybridized carbons (Fsp3) is 0.667. The first-order valence-corrected chi connectivity index (χ1v) is 8.30. The van der Waals surface area contributed by atoms with E-state index in [2.05, 4.69) is 48.3 Å². The number of rotatable bonds is 4. The van der Waals surface area contributed by atoms with E-state index in [0.717, 1.165) is 0 Å². The Hall–Kier alpha value is -0.860. The van der Waals surface area contributed by atoms with Crippen molar-refractivity contribution in [2.75, 3.05) is 13.1 Å². The second-order valence-electron chi connectivity index (χ2n) is 6.77. The maximum absolute atomic E-state index is 3.71. The van der Waals surface area contributed by atoms with Crippen LogP contribution in [0, 0.1) is 0 Å². The summed E-state index contributed by atoms with van der Waals surface area (Å²) in [5.74, 6) is 0. The zero-order chi connectivity index (χ0) is 13.9. The molecule has 0 radical (unpaired) electrons. The van der Waals surface area contributed by atoms with Gasteiger partial charge in [0.25, 0.3) is 0 Å². The molecule has 3 rings (SSSR count). The molecule has 1 atom stereocenters. The summed E-state index contributed by atoms with van der Waals surface area (Å²) < 4.78 is 0. The molecule has 2 aliphatic rings. The lowest BCUT2D eigenvalue weighted by molar-refractivity contribution is 0.132. The Morgan fingerprint density at radius 3 is 2.40 bits per heavy atom. The Morgan fingerprint density at radius 1 is 1.15 bits per heavy atom. The molecule has 2 nitrogen and oxygen atoms in total. The minimum absolute atomic E-state index is 0.637. The van der Waals surface area contributed by atoms with Gasteiger partial charge in [-0.2, -0.15) is 0 Å². The highest BCUT2D eigenvalue weighted by atomic mass is 15.2. The molecule has 1 fully saturated rings. The van der Waals surface area contributed by atoms with Crippen molar-refractivity contribution in [2.45, 2.75) is 64.1 Å². The Kier molecular flexibility index (Phi) is 4.42. The first-order chi connectivity index (χ1) is 9.74. The molecule has 0 spiro atoms. The number of fused-ring (bicyclic) bond motifs is 1. The molecule has 2 heteroatoms. The van der Waals surface area contributed by atoms with Gasteiger partial charge in [-0.1, -0.05) is 30.7 Å². The SMILES string of the molecule is CC(C)N(CC1CCCCN1)C1Cc2ccccc2C1. The van der Waals surface area contributed by atoms with E-state index in [-0.39, 0.29) is 0 Å². The van der Waals surface area contributed by atoms with Crippen molar-refractivity contribution in [3.63, 3.8) is 0 Å². The molecule has 1 aliphatic heterocycles. The smallest absolute Gasteiger partial charge is 0.0195 e. The second kappa shape index (κ2) is 6.28. The molecule has 0 bridgehead atoms. The van der Waals surface area contributed by atoms with Gasteiger partial charge in [-0.3, -0.25) is 4.90 Å². The van der Waals surface area contributed by atoms with E-state index >= 15 is 0 Å². The number of benzene rings is 1. The third-order valence-electron chi connectivity index (χ3n) is 5.01. The van der Waals surface area contributed by atoms with Crippen LogP contribution in [-0.2, 0) is 12.8 Å². The van der Waals surface area contributed by atoms with Crippen molar-refractivity contribution in [3.05, 3.63) is 35.4 Å². The van der Waals surface area contributed by atoms with Crippen LogP contribution in [0.1, 0.15) is 44.2 Å². The zero-order valence-corrected chi connectivity index (χ0v) is 12.9. The van der Waals surface area contributed by atoms with Gasteiger partial charge in [0.1, 0.15) is 0 Å². The molecule has 1 unspecified atom stereocenters. The summed E-state index contributed by atoms with van der Waals surface area (Å²) >= 11 is 0. The van der Waals surface area contributed by atoms with Crippen molar-refractivity contribution >= 4 is 0 Å². The van der Waals surface area contributed by atoms with Gasteiger partial charge >= 0.3 is 0 Å². The molecule has 1 heterocycles. The molecule has 1 aromatic rings. The maximum atomic E-state index is 3.71. The summed E-state index contributed by atoms with van der Waals surface area (Å²) in [5, 5.41) is 3.71. The summed E-state index contributed by atoms with van der Waals surface area (Å²) in [6.45, 7) is 7.13. The van der Waals surface area contributed by atoms with Crippen LogP contribution in [0.15, 0.2) is 24.3 Å². The Labute approximate surface area is 123 Å². The summed E-state index contributed by atoms with van der Waals surface area (Å²) in [7, 11) is 0. The molecule has 0 aromatic heterocycles. The molecule has 20 heavy (non-hydrogen) atoms. The lowest BCUT2D eigenvalue weighted by Gasteiger charge is -2.37. The lowest BCUT2D eigenvalue weighted by atomic mass is 10.0. The predicted molar refractivity (Wildman–Crippen MR) is 85.1 cm³/mol. The molecule has 1 saturated heterocycles. The third kappa shape index (κ3) is 3.07. The monoisotopic (exact) mass is 272 g/mol. The molecular formula is C18H28N2. The second-order valence-corrected chi connectivity index (χ2v) is 6.77. The fourth-order valence-electron chi connectivity index (χ4n) is 3.89.